The van der Waals surface area contributed by atoms with E-state index in [1.807, 2.05) is 24.4 Å². The van der Waals surface area contributed by atoms with E-state index < -0.39 is 6.10 Å². The third kappa shape index (κ3) is 3.99. The summed E-state index contributed by atoms with van der Waals surface area (Å²) >= 11 is 1.55. The van der Waals surface area contributed by atoms with Crippen molar-refractivity contribution in [3.05, 3.63) is 70.3 Å². The topological polar surface area (TPSA) is 88.8 Å². The van der Waals surface area contributed by atoms with E-state index >= 15 is 0 Å². The Morgan fingerprint density at radius 1 is 1.20 bits per heavy atom. The van der Waals surface area contributed by atoms with Crippen molar-refractivity contribution in [1.29, 1.82) is 0 Å². The van der Waals surface area contributed by atoms with Gasteiger partial charge in [0.1, 0.15) is 12.3 Å². The van der Waals surface area contributed by atoms with Gasteiger partial charge in [0.05, 0.1) is 18.5 Å². The van der Waals surface area contributed by atoms with Gasteiger partial charge >= 0.3 is 0 Å². The Morgan fingerprint density at radius 3 is 2.77 bits per heavy atom. The van der Waals surface area contributed by atoms with E-state index in [2.05, 4.69) is 5.32 Å². The van der Waals surface area contributed by atoms with Gasteiger partial charge in [-0.3, -0.25) is 19.3 Å². The predicted molar refractivity (Wildman–Crippen MR) is 112 cm³/mol. The molecule has 0 spiro atoms. The van der Waals surface area contributed by atoms with Crippen LogP contribution in [0.25, 0.3) is 0 Å². The van der Waals surface area contributed by atoms with Crippen LogP contribution in [-0.2, 0) is 16.1 Å². The number of anilines is 1. The van der Waals surface area contributed by atoms with Gasteiger partial charge in [0, 0.05) is 10.4 Å². The molecule has 1 aliphatic rings. The number of amides is 2. The van der Waals surface area contributed by atoms with Crippen molar-refractivity contribution in [2.45, 2.75) is 26.0 Å². The van der Waals surface area contributed by atoms with Crippen LogP contribution in [0.2, 0.25) is 0 Å². The normalized spacial score (nSPS) is 15.4. The lowest BCUT2D eigenvalue weighted by atomic mass is 10.0. The van der Waals surface area contributed by atoms with Crippen LogP contribution in [0.1, 0.15) is 34.3 Å². The zero-order chi connectivity index (χ0) is 21.1. The molecule has 1 N–H and O–H groups in total. The van der Waals surface area contributed by atoms with E-state index in [0.29, 0.717) is 30.0 Å². The first-order valence-electron chi connectivity index (χ1n) is 9.56. The lowest BCUT2D eigenvalue weighted by Gasteiger charge is -2.34. The highest BCUT2D eigenvalue weighted by atomic mass is 32.1. The van der Waals surface area contributed by atoms with Gasteiger partial charge in [0.2, 0.25) is 11.7 Å². The summed E-state index contributed by atoms with van der Waals surface area (Å²) in [4.78, 5) is 40.5. The molecule has 1 atom stereocenters. The van der Waals surface area contributed by atoms with Gasteiger partial charge in [0.15, 0.2) is 11.9 Å². The van der Waals surface area contributed by atoms with Crippen molar-refractivity contribution in [2.24, 2.45) is 0 Å². The van der Waals surface area contributed by atoms with Gasteiger partial charge in [0.25, 0.3) is 5.91 Å². The highest BCUT2D eigenvalue weighted by Crippen LogP contribution is 2.36. The lowest BCUT2D eigenvalue weighted by Crippen LogP contribution is -2.49. The average molecular weight is 424 g/mol. The molecule has 0 radical (unpaired) electrons. The molecule has 1 aromatic carbocycles. The van der Waals surface area contributed by atoms with E-state index in [9.17, 15) is 14.4 Å². The molecule has 0 saturated heterocycles. The molecule has 30 heavy (non-hydrogen) atoms. The molecule has 154 valence electrons. The summed E-state index contributed by atoms with van der Waals surface area (Å²) < 4.78 is 11.0. The minimum atomic E-state index is -0.672. The molecule has 1 unspecified atom stereocenters. The number of benzene rings is 1. The molecule has 2 aromatic heterocycles. The number of carbonyl (C=O) groups excluding carboxylic acids is 3. The van der Waals surface area contributed by atoms with Crippen LogP contribution in [0.15, 0.2) is 58.5 Å². The number of ketones is 1. The van der Waals surface area contributed by atoms with Crippen LogP contribution in [0, 0.1) is 0 Å². The van der Waals surface area contributed by atoms with E-state index in [4.69, 9.17) is 9.15 Å². The molecule has 3 heterocycles. The Hall–Kier alpha value is -3.39. The summed E-state index contributed by atoms with van der Waals surface area (Å²) in [7, 11) is 0. The first-order chi connectivity index (χ1) is 14.6. The molecule has 0 bridgehead atoms. The first kappa shape index (κ1) is 19.9. The molecule has 1 aliphatic heterocycles. The molecule has 7 nitrogen and oxygen atoms in total. The highest BCUT2D eigenvalue weighted by molar-refractivity contribution is 7.09. The molecule has 0 aliphatic carbocycles. The van der Waals surface area contributed by atoms with Crippen molar-refractivity contribution < 1.29 is 23.5 Å². The van der Waals surface area contributed by atoms with Crippen LogP contribution < -0.4 is 15.0 Å². The van der Waals surface area contributed by atoms with Crippen LogP contribution in [0.5, 0.6) is 5.75 Å². The van der Waals surface area contributed by atoms with E-state index in [0.717, 1.165) is 4.88 Å². The zero-order valence-corrected chi connectivity index (χ0v) is 17.1. The van der Waals surface area contributed by atoms with Gasteiger partial charge in [-0.2, -0.15) is 0 Å². The number of nitrogens with zero attached hydrogens (tertiary/aromatic N) is 1. The maximum atomic E-state index is 12.9. The SMILES string of the molecule is CCC1Oc2ccc(C(=O)c3ccco3)cc2N(CC(=O)NCc2cccs2)C1=O. The molecule has 2 amide bonds. The summed E-state index contributed by atoms with van der Waals surface area (Å²) in [5.41, 5.74) is 0.743. The van der Waals surface area contributed by atoms with Gasteiger partial charge in [-0.15, -0.1) is 11.3 Å². The Kier molecular flexibility index (Phi) is 5.67. The van der Waals surface area contributed by atoms with E-state index in [1.165, 1.54) is 11.2 Å². The van der Waals surface area contributed by atoms with Gasteiger partial charge in [-0.05, 0) is 48.2 Å². The summed E-state index contributed by atoms with van der Waals surface area (Å²) in [5.74, 6) is -0.246. The molecule has 0 saturated carbocycles. The Balaban J connectivity index is 1.59. The Morgan fingerprint density at radius 2 is 2.07 bits per heavy atom. The van der Waals surface area contributed by atoms with Crippen LogP contribution in [0.4, 0.5) is 5.69 Å². The van der Waals surface area contributed by atoms with Crippen LogP contribution >= 0.6 is 11.3 Å². The molecule has 8 heteroatoms. The molecular weight excluding hydrogens is 404 g/mol. The fourth-order valence-corrected chi connectivity index (χ4v) is 3.88. The number of nitrogens with one attached hydrogen (secondary N) is 1. The first-order valence-corrected chi connectivity index (χ1v) is 10.4. The zero-order valence-electron chi connectivity index (χ0n) is 16.3. The number of rotatable bonds is 7. The number of thiophene rings is 1. The summed E-state index contributed by atoms with van der Waals surface area (Å²) in [5, 5.41) is 4.77. The number of hydrogen-bond acceptors (Lipinski definition) is 6. The minimum Gasteiger partial charge on any atom is -0.478 e. The second-order valence-corrected chi connectivity index (χ2v) is 7.82. The molecule has 4 rings (SSSR count). The second kappa shape index (κ2) is 8.54. The van der Waals surface area contributed by atoms with Crippen molar-refractivity contribution >= 4 is 34.6 Å². The van der Waals surface area contributed by atoms with Gasteiger partial charge in [-0.25, -0.2) is 0 Å². The van der Waals surface area contributed by atoms with Crippen molar-refractivity contribution in [3.63, 3.8) is 0 Å². The number of fused-ring (bicyclic) bond motifs is 1. The highest BCUT2D eigenvalue weighted by Gasteiger charge is 2.35. The quantitative estimate of drug-likeness (QED) is 0.588. The van der Waals surface area contributed by atoms with Crippen LogP contribution in [0.3, 0.4) is 0 Å². The maximum Gasteiger partial charge on any atom is 0.268 e. The van der Waals surface area contributed by atoms with Gasteiger partial charge in [-0.1, -0.05) is 13.0 Å². The monoisotopic (exact) mass is 424 g/mol. The number of hydrogen-bond donors (Lipinski definition) is 1. The minimum absolute atomic E-state index is 0.157. The molecule has 0 fully saturated rings. The fourth-order valence-electron chi connectivity index (χ4n) is 3.23. The predicted octanol–water partition coefficient (Wildman–Crippen LogP) is 3.39. The number of carbonyl (C=O) groups is 3. The van der Waals surface area contributed by atoms with Crippen molar-refractivity contribution in [3.8, 4) is 5.75 Å². The second-order valence-electron chi connectivity index (χ2n) is 6.78. The van der Waals surface area contributed by atoms with Crippen LogP contribution in [-0.4, -0.2) is 30.2 Å². The van der Waals surface area contributed by atoms with Gasteiger partial charge < -0.3 is 14.5 Å². The molecule has 3 aromatic rings. The summed E-state index contributed by atoms with van der Waals surface area (Å²) in [6, 6.07) is 11.9. The summed E-state index contributed by atoms with van der Waals surface area (Å²) in [6.45, 7) is 2.09. The van der Waals surface area contributed by atoms with E-state index in [-0.39, 0.29) is 29.9 Å². The van der Waals surface area contributed by atoms with Crippen molar-refractivity contribution in [2.75, 3.05) is 11.4 Å². The third-order valence-electron chi connectivity index (χ3n) is 4.78. The smallest absolute Gasteiger partial charge is 0.268 e. The largest absolute Gasteiger partial charge is 0.478 e. The fraction of sp³-hybridized carbons (Fsp3) is 0.227. The van der Waals surface area contributed by atoms with Crippen molar-refractivity contribution in [1.82, 2.24) is 5.32 Å². The lowest BCUT2D eigenvalue weighted by molar-refractivity contribution is -0.129. The Bertz CT molecular complexity index is 1060. The third-order valence-corrected chi connectivity index (χ3v) is 5.66. The average Bonchev–Trinajstić information content (AvgIpc) is 3.47. The van der Waals surface area contributed by atoms with E-state index in [1.54, 1.807) is 41.7 Å². The Labute approximate surface area is 177 Å². The summed E-state index contributed by atoms with van der Waals surface area (Å²) in [6.07, 6.45) is 1.22. The number of ether oxygens (including phenoxy) is 1. The maximum absolute atomic E-state index is 12.9. The number of furan rings is 1. The molecular formula is C22H20N2O5S. The standard InChI is InChI=1S/C22H20N2O5S/c1-2-17-22(27)24(13-20(25)23-12-15-5-4-10-30-15)16-11-14(7-8-18(16)29-17)21(26)19-6-3-9-28-19/h3-11,17H,2,12-13H2,1H3,(H,23,25).